The quantitative estimate of drug-likeness (QED) is 0.569. The fourth-order valence-electron chi connectivity index (χ4n) is 2.00. The Kier molecular flexibility index (Phi) is 5.65. The van der Waals surface area contributed by atoms with E-state index in [9.17, 15) is 22.8 Å². The van der Waals surface area contributed by atoms with Crippen LogP contribution in [0.1, 0.15) is 45.4 Å². The predicted molar refractivity (Wildman–Crippen MR) is 68.8 cm³/mol. The minimum absolute atomic E-state index is 0.152. The van der Waals surface area contributed by atoms with Crippen molar-refractivity contribution in [3.8, 4) is 0 Å². The Morgan fingerprint density at radius 3 is 2.32 bits per heavy atom. The lowest BCUT2D eigenvalue weighted by Gasteiger charge is -2.18. The van der Waals surface area contributed by atoms with E-state index in [4.69, 9.17) is 0 Å². The van der Waals surface area contributed by atoms with E-state index in [0.29, 0.717) is 12.8 Å². The van der Waals surface area contributed by atoms with Crippen molar-refractivity contribution >= 4 is 27.5 Å². The van der Waals surface area contributed by atoms with E-state index in [-0.39, 0.29) is 18.6 Å². The molecule has 108 valence electrons. The Labute approximate surface area is 113 Å². The van der Waals surface area contributed by atoms with E-state index in [1.165, 1.54) is 0 Å². The first kappa shape index (κ1) is 15.8. The van der Waals surface area contributed by atoms with Crippen LogP contribution in [0.4, 0.5) is 0 Å². The molecule has 6 nitrogen and oxygen atoms in total. The SMILES string of the molecule is CCCCCS(=O)(=O)NC(=O)C1C(=O)CCCC1=O. The molecule has 1 amide bonds. The van der Waals surface area contributed by atoms with Crippen LogP contribution in [0.2, 0.25) is 0 Å². The van der Waals surface area contributed by atoms with E-state index in [1.54, 1.807) is 0 Å². The number of unbranched alkanes of at least 4 members (excludes halogenated alkanes) is 2. The smallest absolute Gasteiger partial charge is 0.251 e. The zero-order chi connectivity index (χ0) is 14.5. The second kappa shape index (κ2) is 6.79. The van der Waals surface area contributed by atoms with Gasteiger partial charge in [0.2, 0.25) is 10.0 Å². The van der Waals surface area contributed by atoms with Gasteiger partial charge in [-0.15, -0.1) is 0 Å². The summed E-state index contributed by atoms with van der Waals surface area (Å²) in [6.07, 6.45) is 2.80. The standard InChI is InChI=1S/C12H19NO5S/c1-2-3-4-8-19(17,18)13-12(16)11-9(14)6-5-7-10(11)15/h11H,2-8H2,1H3,(H,13,16). The lowest BCUT2D eigenvalue weighted by Crippen LogP contribution is -2.45. The molecule has 1 fully saturated rings. The number of hydrogen-bond donors (Lipinski definition) is 1. The van der Waals surface area contributed by atoms with Gasteiger partial charge in [0.25, 0.3) is 5.91 Å². The number of ketones is 2. The summed E-state index contributed by atoms with van der Waals surface area (Å²) in [7, 11) is -3.75. The van der Waals surface area contributed by atoms with E-state index in [0.717, 1.165) is 12.8 Å². The molecular formula is C12H19NO5S. The molecule has 0 spiro atoms. The van der Waals surface area contributed by atoms with Crippen LogP contribution in [-0.4, -0.2) is 31.6 Å². The van der Waals surface area contributed by atoms with E-state index >= 15 is 0 Å². The highest BCUT2D eigenvalue weighted by molar-refractivity contribution is 7.90. The maximum Gasteiger partial charge on any atom is 0.251 e. The molecule has 0 unspecified atom stereocenters. The maximum absolute atomic E-state index is 11.7. The van der Waals surface area contributed by atoms with Crippen LogP contribution in [-0.2, 0) is 24.4 Å². The first-order chi connectivity index (χ1) is 8.87. The number of carbonyl (C=O) groups is 3. The molecule has 0 aliphatic heterocycles. The van der Waals surface area contributed by atoms with Crippen molar-refractivity contribution in [1.29, 1.82) is 0 Å². The summed E-state index contributed by atoms with van der Waals surface area (Å²) >= 11 is 0. The van der Waals surface area contributed by atoms with E-state index in [2.05, 4.69) is 0 Å². The Morgan fingerprint density at radius 2 is 1.79 bits per heavy atom. The number of Topliss-reactive ketones (excluding diaryl/α,β-unsaturated/α-hetero) is 2. The highest BCUT2D eigenvalue weighted by Crippen LogP contribution is 2.17. The molecule has 0 aromatic heterocycles. The van der Waals surface area contributed by atoms with Crippen LogP contribution >= 0.6 is 0 Å². The van der Waals surface area contributed by atoms with Crippen molar-refractivity contribution in [2.75, 3.05) is 5.75 Å². The van der Waals surface area contributed by atoms with E-state index in [1.807, 2.05) is 11.6 Å². The van der Waals surface area contributed by atoms with Gasteiger partial charge in [0.15, 0.2) is 17.5 Å². The third-order valence-corrected chi connectivity index (χ3v) is 4.36. The van der Waals surface area contributed by atoms with Crippen LogP contribution < -0.4 is 4.72 Å². The molecule has 0 heterocycles. The number of hydrogen-bond acceptors (Lipinski definition) is 5. The third-order valence-electron chi connectivity index (χ3n) is 3.03. The van der Waals surface area contributed by atoms with Crippen LogP contribution in [0.15, 0.2) is 0 Å². The van der Waals surface area contributed by atoms with Gasteiger partial charge in [0.05, 0.1) is 5.75 Å². The third kappa shape index (κ3) is 4.74. The summed E-state index contributed by atoms with van der Waals surface area (Å²) in [6, 6.07) is 0. The van der Waals surface area contributed by atoms with Crippen LogP contribution in [0.25, 0.3) is 0 Å². The first-order valence-corrected chi connectivity index (χ1v) is 8.12. The maximum atomic E-state index is 11.7. The Bertz CT molecular complexity index is 453. The molecule has 1 aliphatic carbocycles. The minimum Gasteiger partial charge on any atom is -0.298 e. The molecule has 1 aliphatic rings. The Balaban J connectivity index is 2.62. The Hall–Kier alpha value is -1.24. The summed E-state index contributed by atoms with van der Waals surface area (Å²) in [5.41, 5.74) is 0. The van der Waals surface area contributed by atoms with Gasteiger partial charge in [0.1, 0.15) is 0 Å². The molecular weight excluding hydrogens is 270 g/mol. The fourth-order valence-corrected chi connectivity index (χ4v) is 3.11. The highest BCUT2D eigenvalue weighted by Gasteiger charge is 2.37. The second-order valence-corrected chi connectivity index (χ2v) is 6.55. The number of sulfonamides is 1. The van der Waals surface area contributed by atoms with Gasteiger partial charge in [-0.25, -0.2) is 8.42 Å². The monoisotopic (exact) mass is 289 g/mol. The Morgan fingerprint density at radius 1 is 1.21 bits per heavy atom. The summed E-state index contributed by atoms with van der Waals surface area (Å²) in [4.78, 5) is 34.8. The zero-order valence-corrected chi connectivity index (χ0v) is 11.8. The molecule has 0 bridgehead atoms. The molecule has 0 radical (unpaired) electrons. The van der Waals surface area contributed by atoms with Crippen LogP contribution in [0.5, 0.6) is 0 Å². The van der Waals surface area contributed by atoms with Crippen LogP contribution in [0.3, 0.4) is 0 Å². The molecule has 0 saturated heterocycles. The molecule has 0 atom stereocenters. The average Bonchev–Trinajstić information content (AvgIpc) is 2.28. The topological polar surface area (TPSA) is 97.4 Å². The van der Waals surface area contributed by atoms with Crippen molar-refractivity contribution in [2.45, 2.75) is 45.4 Å². The molecule has 7 heteroatoms. The molecule has 1 rings (SSSR count). The van der Waals surface area contributed by atoms with Crippen molar-refractivity contribution in [3.05, 3.63) is 0 Å². The van der Waals surface area contributed by atoms with Gasteiger partial charge in [-0.05, 0) is 12.8 Å². The zero-order valence-electron chi connectivity index (χ0n) is 11.0. The van der Waals surface area contributed by atoms with Gasteiger partial charge in [0, 0.05) is 12.8 Å². The van der Waals surface area contributed by atoms with Gasteiger partial charge < -0.3 is 0 Å². The predicted octanol–water partition coefficient (Wildman–Crippen LogP) is 0.561. The largest absolute Gasteiger partial charge is 0.298 e. The number of carbonyl (C=O) groups excluding carboxylic acids is 3. The van der Waals surface area contributed by atoms with Crippen LogP contribution in [0, 0.1) is 5.92 Å². The molecule has 0 aromatic rings. The normalized spacial score (nSPS) is 17.5. The minimum atomic E-state index is -3.75. The van der Waals surface area contributed by atoms with Crippen molar-refractivity contribution in [1.82, 2.24) is 4.72 Å². The summed E-state index contributed by atoms with van der Waals surface area (Å²) in [6.45, 7) is 1.94. The molecule has 19 heavy (non-hydrogen) atoms. The second-order valence-electron chi connectivity index (χ2n) is 4.71. The van der Waals surface area contributed by atoms with Gasteiger partial charge in [-0.3, -0.25) is 19.1 Å². The number of nitrogens with one attached hydrogen (secondary N) is 1. The van der Waals surface area contributed by atoms with Crippen molar-refractivity contribution in [3.63, 3.8) is 0 Å². The fraction of sp³-hybridized carbons (Fsp3) is 0.750. The number of amides is 1. The summed E-state index contributed by atoms with van der Waals surface area (Å²) in [5, 5.41) is 0. The first-order valence-electron chi connectivity index (χ1n) is 6.47. The van der Waals surface area contributed by atoms with Crippen molar-refractivity contribution < 1.29 is 22.8 Å². The van der Waals surface area contributed by atoms with E-state index < -0.39 is 33.4 Å². The number of rotatable bonds is 6. The molecule has 1 saturated carbocycles. The average molecular weight is 289 g/mol. The van der Waals surface area contributed by atoms with Crippen molar-refractivity contribution in [2.24, 2.45) is 5.92 Å². The van der Waals surface area contributed by atoms with Gasteiger partial charge in [-0.2, -0.15) is 0 Å². The molecule has 0 aromatic carbocycles. The van der Waals surface area contributed by atoms with Gasteiger partial charge in [-0.1, -0.05) is 19.8 Å². The summed E-state index contributed by atoms with van der Waals surface area (Å²) < 4.78 is 25.1. The highest BCUT2D eigenvalue weighted by atomic mass is 32.2. The molecule has 1 N–H and O–H groups in total. The lowest BCUT2D eigenvalue weighted by atomic mass is 9.86. The van der Waals surface area contributed by atoms with Gasteiger partial charge >= 0.3 is 0 Å². The lowest BCUT2D eigenvalue weighted by molar-refractivity contribution is -0.142. The summed E-state index contributed by atoms with van der Waals surface area (Å²) in [5.74, 6) is -3.57.